The standard InChI is InChI=1S/C15H16N2O2S/c18-14(16-5-3-15-17-6-8-20-15)10-11-1-2-12-4-7-19-13(12)9-11/h1-2,6,8-9H,3-5,7,10H2,(H,16,18). The summed E-state index contributed by atoms with van der Waals surface area (Å²) in [4.78, 5) is 16.1. The van der Waals surface area contributed by atoms with Crippen molar-refractivity contribution in [1.29, 1.82) is 0 Å². The first-order valence-corrected chi connectivity index (χ1v) is 7.59. The highest BCUT2D eigenvalue weighted by molar-refractivity contribution is 7.09. The highest BCUT2D eigenvalue weighted by atomic mass is 32.1. The van der Waals surface area contributed by atoms with Crippen LogP contribution in [0.25, 0.3) is 0 Å². The van der Waals surface area contributed by atoms with Crippen LogP contribution in [0.4, 0.5) is 0 Å². The molecule has 3 rings (SSSR count). The Kier molecular flexibility index (Phi) is 3.97. The van der Waals surface area contributed by atoms with Gasteiger partial charge in [-0.1, -0.05) is 12.1 Å². The van der Waals surface area contributed by atoms with Crippen LogP contribution in [-0.4, -0.2) is 24.0 Å². The number of carbonyl (C=O) groups is 1. The molecule has 1 aromatic heterocycles. The van der Waals surface area contributed by atoms with E-state index in [-0.39, 0.29) is 5.91 Å². The minimum atomic E-state index is 0.0412. The molecule has 2 aromatic rings. The number of hydrogen-bond donors (Lipinski definition) is 1. The van der Waals surface area contributed by atoms with Gasteiger partial charge < -0.3 is 10.1 Å². The van der Waals surface area contributed by atoms with Gasteiger partial charge in [-0.2, -0.15) is 0 Å². The number of carbonyl (C=O) groups excluding carboxylic acids is 1. The van der Waals surface area contributed by atoms with Gasteiger partial charge in [0.25, 0.3) is 0 Å². The Labute approximate surface area is 121 Å². The van der Waals surface area contributed by atoms with Crippen LogP contribution >= 0.6 is 11.3 Å². The van der Waals surface area contributed by atoms with Crippen LogP contribution in [0.2, 0.25) is 0 Å². The average molecular weight is 288 g/mol. The van der Waals surface area contributed by atoms with Gasteiger partial charge in [0.15, 0.2) is 0 Å². The molecule has 4 nitrogen and oxygen atoms in total. The fourth-order valence-electron chi connectivity index (χ4n) is 2.25. The fraction of sp³-hybridized carbons (Fsp3) is 0.333. The van der Waals surface area contributed by atoms with E-state index >= 15 is 0 Å². The molecule has 20 heavy (non-hydrogen) atoms. The number of nitrogens with one attached hydrogen (secondary N) is 1. The van der Waals surface area contributed by atoms with E-state index in [1.807, 2.05) is 17.5 Å². The van der Waals surface area contributed by atoms with Crippen LogP contribution in [0, 0.1) is 0 Å². The van der Waals surface area contributed by atoms with E-state index < -0.39 is 0 Å². The summed E-state index contributed by atoms with van der Waals surface area (Å²) in [6.07, 6.45) is 3.94. The molecular weight excluding hydrogens is 272 g/mol. The Balaban J connectivity index is 1.49. The minimum absolute atomic E-state index is 0.0412. The smallest absolute Gasteiger partial charge is 0.224 e. The number of fused-ring (bicyclic) bond motifs is 1. The maximum Gasteiger partial charge on any atom is 0.224 e. The maximum absolute atomic E-state index is 11.9. The van der Waals surface area contributed by atoms with Crippen LogP contribution in [-0.2, 0) is 24.1 Å². The molecule has 0 radical (unpaired) electrons. The quantitative estimate of drug-likeness (QED) is 0.915. The van der Waals surface area contributed by atoms with Crippen LogP contribution in [0.3, 0.4) is 0 Å². The van der Waals surface area contributed by atoms with E-state index in [2.05, 4.69) is 16.4 Å². The van der Waals surface area contributed by atoms with Crippen LogP contribution < -0.4 is 10.1 Å². The maximum atomic E-state index is 11.9. The first-order chi connectivity index (χ1) is 9.81. The molecule has 0 saturated carbocycles. The molecule has 0 unspecified atom stereocenters. The van der Waals surface area contributed by atoms with E-state index in [0.717, 1.165) is 35.8 Å². The van der Waals surface area contributed by atoms with Crippen molar-refractivity contribution in [1.82, 2.24) is 10.3 Å². The summed E-state index contributed by atoms with van der Waals surface area (Å²) in [5.41, 5.74) is 2.23. The van der Waals surface area contributed by atoms with Crippen molar-refractivity contribution < 1.29 is 9.53 Å². The molecule has 1 aliphatic rings. The number of ether oxygens (including phenoxy) is 1. The second-order valence-electron chi connectivity index (χ2n) is 4.74. The Morgan fingerprint density at radius 2 is 2.40 bits per heavy atom. The third-order valence-corrected chi connectivity index (χ3v) is 4.11. The second-order valence-corrected chi connectivity index (χ2v) is 5.72. The summed E-state index contributed by atoms with van der Waals surface area (Å²) in [7, 11) is 0. The van der Waals surface area contributed by atoms with E-state index in [9.17, 15) is 4.79 Å². The zero-order valence-electron chi connectivity index (χ0n) is 11.1. The summed E-state index contributed by atoms with van der Waals surface area (Å²) < 4.78 is 5.51. The summed E-state index contributed by atoms with van der Waals surface area (Å²) >= 11 is 1.61. The Bertz CT molecular complexity index is 596. The molecule has 0 spiro atoms. The molecule has 5 heteroatoms. The first-order valence-electron chi connectivity index (χ1n) is 6.71. The lowest BCUT2D eigenvalue weighted by Crippen LogP contribution is -2.27. The van der Waals surface area contributed by atoms with Crippen molar-refractivity contribution in [3.63, 3.8) is 0 Å². The lowest BCUT2D eigenvalue weighted by Gasteiger charge is -2.06. The summed E-state index contributed by atoms with van der Waals surface area (Å²) in [6.45, 7) is 1.38. The highest BCUT2D eigenvalue weighted by Crippen LogP contribution is 2.26. The predicted molar refractivity (Wildman–Crippen MR) is 78.2 cm³/mol. The van der Waals surface area contributed by atoms with Gasteiger partial charge in [0.05, 0.1) is 18.0 Å². The van der Waals surface area contributed by atoms with Gasteiger partial charge in [-0.25, -0.2) is 4.98 Å². The lowest BCUT2D eigenvalue weighted by atomic mass is 10.1. The second kappa shape index (κ2) is 6.05. The predicted octanol–water partition coefficient (Wildman–Crippen LogP) is 1.98. The summed E-state index contributed by atoms with van der Waals surface area (Å²) in [5, 5.41) is 5.92. The van der Waals surface area contributed by atoms with Crippen LogP contribution in [0.15, 0.2) is 29.8 Å². The molecule has 0 fully saturated rings. The van der Waals surface area contributed by atoms with Crippen molar-refractivity contribution in [2.45, 2.75) is 19.3 Å². The minimum Gasteiger partial charge on any atom is -0.493 e. The summed E-state index contributed by atoms with van der Waals surface area (Å²) in [6, 6.07) is 6.04. The van der Waals surface area contributed by atoms with Gasteiger partial charge in [-0.05, 0) is 17.2 Å². The van der Waals surface area contributed by atoms with Gasteiger partial charge in [-0.15, -0.1) is 11.3 Å². The fourth-order valence-corrected chi connectivity index (χ4v) is 2.87. The van der Waals surface area contributed by atoms with E-state index in [1.54, 1.807) is 17.5 Å². The zero-order chi connectivity index (χ0) is 13.8. The third kappa shape index (κ3) is 3.17. The number of benzene rings is 1. The molecule has 0 saturated heterocycles. The molecule has 0 atom stereocenters. The molecule has 104 valence electrons. The van der Waals surface area contributed by atoms with Crippen molar-refractivity contribution in [3.8, 4) is 5.75 Å². The number of thiazole rings is 1. The van der Waals surface area contributed by atoms with E-state index in [0.29, 0.717) is 13.0 Å². The molecule has 0 aliphatic carbocycles. The zero-order valence-corrected chi connectivity index (χ0v) is 11.9. The van der Waals surface area contributed by atoms with Crippen molar-refractivity contribution >= 4 is 17.2 Å². The normalized spacial score (nSPS) is 12.8. The summed E-state index contributed by atoms with van der Waals surface area (Å²) in [5.74, 6) is 0.970. The Morgan fingerprint density at radius 1 is 1.45 bits per heavy atom. The Morgan fingerprint density at radius 3 is 3.25 bits per heavy atom. The van der Waals surface area contributed by atoms with Gasteiger partial charge in [0.1, 0.15) is 5.75 Å². The van der Waals surface area contributed by atoms with Gasteiger partial charge in [-0.3, -0.25) is 4.79 Å². The van der Waals surface area contributed by atoms with Crippen molar-refractivity contribution in [2.24, 2.45) is 0 Å². The number of hydrogen-bond acceptors (Lipinski definition) is 4. The number of amides is 1. The average Bonchev–Trinajstić information content (AvgIpc) is 3.08. The lowest BCUT2D eigenvalue weighted by molar-refractivity contribution is -0.120. The monoisotopic (exact) mass is 288 g/mol. The molecule has 1 aliphatic heterocycles. The van der Waals surface area contributed by atoms with Crippen LogP contribution in [0.1, 0.15) is 16.1 Å². The van der Waals surface area contributed by atoms with Crippen molar-refractivity contribution in [2.75, 3.05) is 13.2 Å². The van der Waals surface area contributed by atoms with Gasteiger partial charge in [0, 0.05) is 31.0 Å². The molecule has 1 amide bonds. The van der Waals surface area contributed by atoms with Gasteiger partial charge >= 0.3 is 0 Å². The van der Waals surface area contributed by atoms with E-state index in [4.69, 9.17) is 4.74 Å². The third-order valence-electron chi connectivity index (χ3n) is 3.27. The van der Waals surface area contributed by atoms with Crippen molar-refractivity contribution in [3.05, 3.63) is 45.9 Å². The van der Waals surface area contributed by atoms with Crippen LogP contribution in [0.5, 0.6) is 5.75 Å². The first kappa shape index (κ1) is 13.1. The molecule has 1 N–H and O–H groups in total. The molecule has 0 bridgehead atoms. The number of aromatic nitrogens is 1. The highest BCUT2D eigenvalue weighted by Gasteiger charge is 2.13. The Hall–Kier alpha value is -1.88. The molecular formula is C15H16N2O2S. The largest absolute Gasteiger partial charge is 0.493 e. The topological polar surface area (TPSA) is 51.2 Å². The SMILES string of the molecule is O=C(Cc1ccc2c(c1)OCC2)NCCc1nccs1. The van der Waals surface area contributed by atoms with Gasteiger partial charge in [0.2, 0.25) is 5.91 Å². The number of rotatable bonds is 5. The number of nitrogens with zero attached hydrogens (tertiary/aromatic N) is 1. The molecule has 1 aromatic carbocycles. The van der Waals surface area contributed by atoms with E-state index in [1.165, 1.54) is 5.56 Å². The molecule has 2 heterocycles.